The normalized spacial score (nSPS) is 11.9. The molecule has 3 aromatic rings. The highest BCUT2D eigenvalue weighted by molar-refractivity contribution is 5.94. The topological polar surface area (TPSA) is 56.2 Å². The molecule has 1 heterocycles. The van der Waals surface area contributed by atoms with Crippen molar-refractivity contribution in [2.75, 3.05) is 0 Å². The molecule has 1 atom stereocenters. The van der Waals surface area contributed by atoms with Crippen molar-refractivity contribution in [1.82, 2.24) is 15.1 Å². The summed E-state index contributed by atoms with van der Waals surface area (Å²) >= 11 is 0. The van der Waals surface area contributed by atoms with Gasteiger partial charge in [-0.25, -0.2) is 8.78 Å². The largest absolute Gasteiger partial charge is 0.483 e. The highest BCUT2D eigenvalue weighted by Crippen LogP contribution is 2.27. The standard InChI is InChI=1S/C21H19F4N3O2/c1-3-28-17(8-9-26-28)12(2)27-21(29)14-6-4-13(5-7-14)11-30-20-18(24)15(22)10-16(23)19(20)25/h4-10,12H,3,11H2,1-2H3,(H,27,29). The second-order valence-corrected chi connectivity index (χ2v) is 6.55. The van der Waals surface area contributed by atoms with Crippen molar-refractivity contribution >= 4 is 5.91 Å². The first-order chi connectivity index (χ1) is 14.3. The smallest absolute Gasteiger partial charge is 0.251 e. The number of nitrogens with one attached hydrogen (secondary N) is 1. The lowest BCUT2D eigenvalue weighted by Gasteiger charge is -2.15. The van der Waals surface area contributed by atoms with E-state index in [1.165, 1.54) is 24.3 Å². The summed E-state index contributed by atoms with van der Waals surface area (Å²) < 4.78 is 60.4. The second-order valence-electron chi connectivity index (χ2n) is 6.55. The van der Waals surface area contributed by atoms with E-state index in [2.05, 4.69) is 10.4 Å². The van der Waals surface area contributed by atoms with Gasteiger partial charge in [-0.2, -0.15) is 13.9 Å². The first-order valence-corrected chi connectivity index (χ1v) is 9.19. The summed E-state index contributed by atoms with van der Waals surface area (Å²) in [6.07, 6.45) is 1.66. The fraction of sp³-hybridized carbons (Fsp3) is 0.238. The molecule has 0 saturated carbocycles. The van der Waals surface area contributed by atoms with Gasteiger partial charge < -0.3 is 10.1 Å². The Morgan fingerprint density at radius 1 is 1.10 bits per heavy atom. The number of amides is 1. The number of carbonyl (C=O) groups excluding carboxylic acids is 1. The van der Waals surface area contributed by atoms with Crippen LogP contribution in [0.4, 0.5) is 17.6 Å². The lowest BCUT2D eigenvalue weighted by atomic mass is 10.1. The van der Waals surface area contributed by atoms with E-state index in [1.54, 1.807) is 10.9 Å². The fourth-order valence-electron chi connectivity index (χ4n) is 2.91. The average Bonchev–Trinajstić information content (AvgIpc) is 3.22. The van der Waals surface area contributed by atoms with Crippen molar-refractivity contribution in [2.45, 2.75) is 33.0 Å². The number of aryl methyl sites for hydroxylation is 1. The third-order valence-corrected chi connectivity index (χ3v) is 4.51. The van der Waals surface area contributed by atoms with Gasteiger partial charge in [-0.3, -0.25) is 9.48 Å². The number of benzene rings is 2. The van der Waals surface area contributed by atoms with Crippen molar-refractivity contribution in [1.29, 1.82) is 0 Å². The minimum atomic E-state index is -1.61. The van der Waals surface area contributed by atoms with Gasteiger partial charge in [0.2, 0.25) is 11.6 Å². The van der Waals surface area contributed by atoms with Gasteiger partial charge in [0.1, 0.15) is 6.61 Å². The lowest BCUT2D eigenvalue weighted by Crippen LogP contribution is -2.28. The van der Waals surface area contributed by atoms with Crippen LogP contribution >= 0.6 is 0 Å². The van der Waals surface area contributed by atoms with Gasteiger partial charge in [-0.05, 0) is 37.6 Å². The summed E-state index contributed by atoms with van der Waals surface area (Å²) in [5, 5.41) is 7.03. The summed E-state index contributed by atoms with van der Waals surface area (Å²) in [5.41, 5.74) is 1.68. The molecule has 0 aliphatic heterocycles. The van der Waals surface area contributed by atoms with E-state index < -0.39 is 29.0 Å². The number of nitrogens with zero attached hydrogens (tertiary/aromatic N) is 2. The quantitative estimate of drug-likeness (QED) is 0.451. The van der Waals surface area contributed by atoms with E-state index in [0.717, 1.165) is 5.69 Å². The van der Waals surface area contributed by atoms with Crippen molar-refractivity contribution < 1.29 is 27.1 Å². The van der Waals surface area contributed by atoms with Crippen molar-refractivity contribution in [3.8, 4) is 5.75 Å². The van der Waals surface area contributed by atoms with Gasteiger partial charge in [0.05, 0.1) is 11.7 Å². The zero-order chi connectivity index (χ0) is 21.8. The molecule has 0 fully saturated rings. The highest BCUT2D eigenvalue weighted by Gasteiger charge is 2.21. The van der Waals surface area contributed by atoms with Crippen LogP contribution in [0.1, 0.15) is 41.5 Å². The zero-order valence-corrected chi connectivity index (χ0v) is 16.3. The molecule has 0 aliphatic rings. The van der Waals surface area contributed by atoms with Crippen LogP contribution in [0.2, 0.25) is 0 Å². The SMILES string of the molecule is CCn1nccc1C(C)NC(=O)c1ccc(COc2c(F)c(F)cc(F)c2F)cc1. The number of ether oxygens (including phenoxy) is 1. The van der Waals surface area contributed by atoms with Gasteiger partial charge in [0.25, 0.3) is 5.91 Å². The number of carbonyl (C=O) groups is 1. The minimum Gasteiger partial charge on any atom is -0.483 e. The van der Waals surface area contributed by atoms with E-state index in [4.69, 9.17) is 4.74 Å². The molecule has 3 rings (SSSR count). The predicted octanol–water partition coefficient (Wildman–Crippen LogP) is 4.53. The maximum Gasteiger partial charge on any atom is 0.251 e. The van der Waals surface area contributed by atoms with E-state index >= 15 is 0 Å². The molecule has 1 aromatic heterocycles. The summed E-state index contributed by atoms with van der Waals surface area (Å²) in [6.45, 7) is 4.12. The Morgan fingerprint density at radius 3 is 2.33 bits per heavy atom. The molecule has 1 amide bonds. The van der Waals surface area contributed by atoms with Crippen LogP contribution in [0.5, 0.6) is 5.75 Å². The average molecular weight is 421 g/mol. The molecule has 0 bridgehead atoms. The van der Waals surface area contributed by atoms with Crippen LogP contribution in [0.25, 0.3) is 0 Å². The third kappa shape index (κ3) is 4.45. The van der Waals surface area contributed by atoms with E-state index in [9.17, 15) is 22.4 Å². The summed E-state index contributed by atoms with van der Waals surface area (Å²) in [4.78, 5) is 12.5. The van der Waals surface area contributed by atoms with Gasteiger partial charge in [0, 0.05) is 24.4 Å². The molecule has 1 N–H and O–H groups in total. The number of halogens is 4. The zero-order valence-electron chi connectivity index (χ0n) is 16.3. The molecule has 9 heteroatoms. The second kappa shape index (κ2) is 8.98. The lowest BCUT2D eigenvalue weighted by molar-refractivity contribution is 0.0938. The Morgan fingerprint density at radius 2 is 1.73 bits per heavy atom. The molecular formula is C21H19F4N3O2. The molecule has 158 valence electrons. The monoisotopic (exact) mass is 421 g/mol. The molecule has 0 aliphatic carbocycles. The highest BCUT2D eigenvalue weighted by atomic mass is 19.2. The fourth-order valence-corrected chi connectivity index (χ4v) is 2.91. The number of hydrogen-bond donors (Lipinski definition) is 1. The third-order valence-electron chi connectivity index (χ3n) is 4.51. The van der Waals surface area contributed by atoms with Crippen molar-refractivity contribution in [3.63, 3.8) is 0 Å². The number of hydrogen-bond acceptors (Lipinski definition) is 3. The molecule has 1 unspecified atom stereocenters. The van der Waals surface area contributed by atoms with Crippen LogP contribution in [-0.2, 0) is 13.2 Å². The molecular weight excluding hydrogens is 402 g/mol. The van der Waals surface area contributed by atoms with Crippen LogP contribution < -0.4 is 10.1 Å². The summed E-state index contributed by atoms with van der Waals surface area (Å²) in [7, 11) is 0. The van der Waals surface area contributed by atoms with Crippen molar-refractivity contribution in [2.24, 2.45) is 0 Å². The first kappa shape index (κ1) is 21.4. The Balaban J connectivity index is 1.65. The minimum absolute atomic E-state index is 0.111. The first-order valence-electron chi connectivity index (χ1n) is 9.19. The maximum absolute atomic E-state index is 13.6. The van der Waals surface area contributed by atoms with E-state index in [1.807, 2.05) is 19.9 Å². The van der Waals surface area contributed by atoms with Gasteiger partial charge in [0.15, 0.2) is 17.4 Å². The van der Waals surface area contributed by atoms with E-state index in [-0.39, 0.29) is 24.6 Å². The molecule has 5 nitrogen and oxygen atoms in total. The molecule has 0 radical (unpaired) electrons. The summed E-state index contributed by atoms with van der Waals surface area (Å²) in [6, 6.07) is 7.72. The van der Waals surface area contributed by atoms with Gasteiger partial charge >= 0.3 is 0 Å². The maximum atomic E-state index is 13.6. The molecule has 0 saturated heterocycles. The Hall–Kier alpha value is -3.36. The van der Waals surface area contributed by atoms with Gasteiger partial charge in [-0.15, -0.1) is 0 Å². The summed E-state index contributed by atoms with van der Waals surface area (Å²) in [5.74, 6) is -7.75. The van der Waals surface area contributed by atoms with E-state index in [0.29, 0.717) is 17.7 Å². The molecule has 30 heavy (non-hydrogen) atoms. The van der Waals surface area contributed by atoms with Crippen LogP contribution in [-0.4, -0.2) is 15.7 Å². The number of rotatable bonds is 7. The van der Waals surface area contributed by atoms with Crippen LogP contribution in [0.15, 0.2) is 42.6 Å². The Labute approximate surface area is 170 Å². The van der Waals surface area contributed by atoms with Crippen LogP contribution in [0.3, 0.4) is 0 Å². The van der Waals surface area contributed by atoms with Crippen LogP contribution in [0, 0.1) is 23.3 Å². The predicted molar refractivity (Wildman–Crippen MR) is 101 cm³/mol. The molecule has 2 aromatic carbocycles. The molecule has 0 spiro atoms. The van der Waals surface area contributed by atoms with Crippen molar-refractivity contribution in [3.05, 3.63) is 82.7 Å². The number of aromatic nitrogens is 2. The van der Waals surface area contributed by atoms with Gasteiger partial charge in [-0.1, -0.05) is 12.1 Å². The Kier molecular flexibility index (Phi) is 6.39. The Bertz CT molecular complexity index is 1020.